The average molecular weight is 588 g/mol. The number of fused-ring (bicyclic) bond motifs is 2. The fraction of sp³-hybridized carbons (Fsp3) is 0.469. The Labute approximate surface area is 250 Å². The summed E-state index contributed by atoms with van der Waals surface area (Å²) in [5.74, 6) is -3.28. The van der Waals surface area contributed by atoms with E-state index in [2.05, 4.69) is 16.9 Å². The summed E-state index contributed by atoms with van der Waals surface area (Å²) in [7, 11) is 0. The molecule has 2 amide bonds. The highest BCUT2D eigenvalue weighted by molar-refractivity contribution is 5.99. The van der Waals surface area contributed by atoms with Gasteiger partial charge < -0.3 is 24.4 Å². The molecule has 4 heterocycles. The molecule has 2 bridgehead atoms. The highest BCUT2D eigenvalue weighted by Crippen LogP contribution is 2.66. The summed E-state index contributed by atoms with van der Waals surface area (Å²) in [5, 5.41) is 19.2. The minimum absolute atomic E-state index is 0.0495. The van der Waals surface area contributed by atoms with Gasteiger partial charge in [0, 0.05) is 6.54 Å². The van der Waals surface area contributed by atoms with Crippen molar-refractivity contribution in [2.24, 2.45) is 17.8 Å². The van der Waals surface area contributed by atoms with Crippen LogP contribution in [0, 0.1) is 17.8 Å². The maximum atomic E-state index is 14.9. The first-order valence-corrected chi connectivity index (χ1v) is 14.7. The minimum Gasteiger partial charge on any atom is -0.466 e. The molecule has 3 unspecified atom stereocenters. The predicted molar refractivity (Wildman–Crippen MR) is 156 cm³/mol. The molecule has 7 atom stereocenters. The number of amides is 2. The quantitative estimate of drug-likeness (QED) is 0.283. The SMILES string of the molecule is C=CCN(Cn1nnc2ccccc21)C(=O)C1N([C@H](CO)c2ccccc2)C(=O)[C@@H]2[C@H](C(=O)OCC)[C@@]3(C)OC12CC3C. The number of hydrogen-bond donors (Lipinski definition) is 1. The number of esters is 1. The number of likely N-dealkylation sites (tertiary alicyclic amines) is 1. The maximum absolute atomic E-state index is 14.9. The van der Waals surface area contributed by atoms with Gasteiger partial charge >= 0.3 is 5.97 Å². The topological polar surface area (TPSA) is 127 Å². The van der Waals surface area contributed by atoms with Crippen LogP contribution in [0.25, 0.3) is 11.0 Å². The van der Waals surface area contributed by atoms with Gasteiger partial charge in [0.2, 0.25) is 11.8 Å². The van der Waals surface area contributed by atoms with Gasteiger partial charge in [-0.15, -0.1) is 11.7 Å². The molecule has 3 fully saturated rings. The zero-order chi connectivity index (χ0) is 30.5. The Morgan fingerprint density at radius 3 is 2.65 bits per heavy atom. The molecule has 3 aromatic rings. The van der Waals surface area contributed by atoms with Crippen molar-refractivity contribution < 1.29 is 29.0 Å². The van der Waals surface area contributed by atoms with Gasteiger partial charge in [-0.2, -0.15) is 0 Å². The van der Waals surface area contributed by atoms with E-state index in [-0.39, 0.29) is 31.6 Å². The number of benzene rings is 2. The Morgan fingerprint density at radius 2 is 1.95 bits per heavy atom. The van der Waals surface area contributed by atoms with Crippen molar-refractivity contribution in [2.45, 2.75) is 57.1 Å². The Bertz CT molecular complexity index is 1560. The highest BCUT2D eigenvalue weighted by atomic mass is 16.6. The third-order valence-corrected chi connectivity index (χ3v) is 9.61. The maximum Gasteiger partial charge on any atom is 0.312 e. The zero-order valence-electron chi connectivity index (χ0n) is 24.6. The summed E-state index contributed by atoms with van der Waals surface area (Å²) < 4.78 is 13.9. The van der Waals surface area contributed by atoms with Crippen molar-refractivity contribution in [1.29, 1.82) is 0 Å². The molecule has 3 aliphatic rings. The van der Waals surface area contributed by atoms with E-state index in [1.807, 2.05) is 68.4 Å². The number of aromatic nitrogens is 3. The monoisotopic (exact) mass is 587 g/mol. The van der Waals surface area contributed by atoms with Crippen LogP contribution in [-0.2, 0) is 30.5 Å². The summed E-state index contributed by atoms with van der Waals surface area (Å²) in [4.78, 5) is 46.0. The van der Waals surface area contributed by atoms with E-state index in [0.29, 0.717) is 17.5 Å². The standard InChI is InChI=1S/C32H37N5O6/c1-5-16-35(19-36-23-15-11-10-14-22(23)33-34-36)29(40)27-32-17-20(3)31(4,43-32)26(30(41)42-6-2)25(32)28(39)37(27)24(18-38)21-12-8-7-9-13-21/h5,7-15,20,24-27,38H,1,6,16-19H2,2-4H3/t20?,24-,25+,26-,27?,31+,32?/m1/s1. The largest absolute Gasteiger partial charge is 0.466 e. The van der Waals surface area contributed by atoms with Gasteiger partial charge in [0.25, 0.3) is 0 Å². The van der Waals surface area contributed by atoms with Crippen LogP contribution >= 0.6 is 0 Å². The highest BCUT2D eigenvalue weighted by Gasteiger charge is 2.80. The smallest absolute Gasteiger partial charge is 0.312 e. The van der Waals surface area contributed by atoms with Gasteiger partial charge in [-0.1, -0.05) is 60.7 Å². The number of ether oxygens (including phenoxy) is 2. The molecule has 43 heavy (non-hydrogen) atoms. The van der Waals surface area contributed by atoms with Gasteiger partial charge in [-0.3, -0.25) is 14.4 Å². The number of aliphatic hydroxyl groups is 1. The second kappa shape index (κ2) is 10.9. The van der Waals surface area contributed by atoms with E-state index in [4.69, 9.17) is 9.47 Å². The molecule has 0 radical (unpaired) electrons. The van der Waals surface area contributed by atoms with Crippen LogP contribution in [0.5, 0.6) is 0 Å². The number of hydrogen-bond acceptors (Lipinski definition) is 8. The molecule has 6 rings (SSSR count). The molecule has 2 aromatic carbocycles. The van der Waals surface area contributed by atoms with Crippen LogP contribution in [0.2, 0.25) is 0 Å². The fourth-order valence-electron chi connectivity index (χ4n) is 7.64. The van der Waals surface area contributed by atoms with E-state index in [1.54, 1.807) is 22.6 Å². The molecular formula is C32H37N5O6. The molecule has 11 nitrogen and oxygen atoms in total. The normalized spacial score (nSPS) is 30.0. The number of carbonyl (C=O) groups excluding carboxylic acids is 3. The van der Waals surface area contributed by atoms with Crippen molar-refractivity contribution in [1.82, 2.24) is 24.8 Å². The molecule has 0 aliphatic carbocycles. The summed E-state index contributed by atoms with van der Waals surface area (Å²) in [6.45, 7) is 9.36. The van der Waals surface area contributed by atoms with E-state index >= 15 is 0 Å². The van der Waals surface area contributed by atoms with Crippen molar-refractivity contribution in [3.63, 3.8) is 0 Å². The predicted octanol–water partition coefficient (Wildman–Crippen LogP) is 2.71. The molecule has 1 spiro atoms. The van der Waals surface area contributed by atoms with E-state index in [0.717, 1.165) is 5.52 Å². The van der Waals surface area contributed by atoms with E-state index < -0.39 is 53.6 Å². The van der Waals surface area contributed by atoms with Crippen LogP contribution in [0.3, 0.4) is 0 Å². The average Bonchev–Trinajstić information content (AvgIpc) is 3.67. The first kappa shape index (κ1) is 29.0. The van der Waals surface area contributed by atoms with E-state index in [9.17, 15) is 19.5 Å². The van der Waals surface area contributed by atoms with E-state index in [1.165, 1.54) is 4.90 Å². The van der Waals surface area contributed by atoms with Crippen LogP contribution < -0.4 is 0 Å². The molecule has 3 saturated heterocycles. The Hall–Kier alpha value is -4.09. The summed E-state index contributed by atoms with van der Waals surface area (Å²) in [6, 6.07) is 14.6. The van der Waals surface area contributed by atoms with Gasteiger partial charge in [0.1, 0.15) is 29.7 Å². The van der Waals surface area contributed by atoms with Gasteiger partial charge in [0.05, 0.1) is 36.3 Å². The van der Waals surface area contributed by atoms with Crippen LogP contribution in [0.15, 0.2) is 67.3 Å². The van der Waals surface area contributed by atoms with Crippen LogP contribution in [0.1, 0.15) is 38.8 Å². The third-order valence-electron chi connectivity index (χ3n) is 9.61. The fourth-order valence-corrected chi connectivity index (χ4v) is 7.64. The lowest BCUT2D eigenvalue weighted by atomic mass is 9.62. The molecule has 3 aliphatic heterocycles. The molecule has 226 valence electrons. The van der Waals surface area contributed by atoms with Crippen molar-refractivity contribution in [2.75, 3.05) is 19.8 Å². The van der Waals surface area contributed by atoms with Gasteiger partial charge in [-0.05, 0) is 43.9 Å². The lowest BCUT2D eigenvalue weighted by Gasteiger charge is -2.39. The number of nitrogens with zero attached hydrogens (tertiary/aromatic N) is 5. The minimum atomic E-state index is -1.30. The molecule has 1 N–H and O–H groups in total. The number of rotatable bonds is 10. The molecule has 11 heteroatoms. The number of para-hydroxylation sites is 1. The summed E-state index contributed by atoms with van der Waals surface area (Å²) in [5.41, 5.74) is -0.188. The van der Waals surface area contributed by atoms with Gasteiger partial charge in [-0.25, -0.2) is 4.68 Å². The second-order valence-electron chi connectivity index (χ2n) is 11.9. The lowest BCUT2D eigenvalue weighted by molar-refractivity contribution is -0.163. The lowest BCUT2D eigenvalue weighted by Crippen LogP contribution is -2.57. The summed E-state index contributed by atoms with van der Waals surface area (Å²) in [6.07, 6.45) is 2.01. The van der Waals surface area contributed by atoms with Crippen molar-refractivity contribution in [3.05, 3.63) is 72.8 Å². The van der Waals surface area contributed by atoms with Gasteiger partial charge in [0.15, 0.2) is 0 Å². The molecule has 1 aromatic heterocycles. The first-order chi connectivity index (χ1) is 20.7. The summed E-state index contributed by atoms with van der Waals surface area (Å²) >= 11 is 0. The Kier molecular flexibility index (Phi) is 7.34. The zero-order valence-corrected chi connectivity index (χ0v) is 24.6. The third kappa shape index (κ3) is 4.28. The van der Waals surface area contributed by atoms with Crippen LogP contribution in [-0.4, -0.2) is 84.7 Å². The van der Waals surface area contributed by atoms with Crippen LogP contribution in [0.4, 0.5) is 0 Å². The molecular weight excluding hydrogens is 550 g/mol. The second-order valence-corrected chi connectivity index (χ2v) is 11.9. The Balaban J connectivity index is 1.48. The van der Waals surface area contributed by atoms with Crippen molar-refractivity contribution in [3.8, 4) is 0 Å². The molecule has 0 saturated carbocycles. The number of carbonyl (C=O) groups is 3. The van der Waals surface area contributed by atoms with Crippen molar-refractivity contribution >= 4 is 28.8 Å². The number of aliphatic hydroxyl groups excluding tert-OH is 1. The Morgan fingerprint density at radius 1 is 1.23 bits per heavy atom. The first-order valence-electron chi connectivity index (χ1n) is 14.7.